The molecule has 0 aliphatic carbocycles. The maximum atomic E-state index is 12.5. The SMILES string of the molecule is CCCOc1ccc(C(=O)C2CCCCS2(=O)=O)cc1Br. The lowest BCUT2D eigenvalue weighted by Gasteiger charge is -2.21. The molecule has 1 aliphatic rings. The van der Waals surface area contributed by atoms with E-state index in [1.807, 2.05) is 6.92 Å². The van der Waals surface area contributed by atoms with Crippen molar-refractivity contribution in [2.24, 2.45) is 0 Å². The molecule has 2 rings (SSSR count). The molecular formula is C15H19BrO4S. The Morgan fingerprint density at radius 1 is 1.38 bits per heavy atom. The molecule has 0 spiro atoms. The van der Waals surface area contributed by atoms with Crippen LogP contribution in [0.5, 0.6) is 5.75 Å². The zero-order chi connectivity index (χ0) is 15.5. The van der Waals surface area contributed by atoms with Gasteiger partial charge in [0.2, 0.25) is 0 Å². The number of rotatable bonds is 5. The van der Waals surface area contributed by atoms with E-state index in [0.717, 1.165) is 12.8 Å². The lowest BCUT2D eigenvalue weighted by atomic mass is 10.0. The average Bonchev–Trinajstić information content (AvgIpc) is 2.45. The molecule has 1 atom stereocenters. The highest BCUT2D eigenvalue weighted by molar-refractivity contribution is 9.10. The topological polar surface area (TPSA) is 60.4 Å². The predicted octanol–water partition coefficient (Wildman–Crippen LogP) is 3.39. The number of carbonyl (C=O) groups excluding carboxylic acids is 1. The van der Waals surface area contributed by atoms with E-state index in [1.54, 1.807) is 18.2 Å². The maximum Gasteiger partial charge on any atom is 0.180 e. The summed E-state index contributed by atoms with van der Waals surface area (Å²) in [4.78, 5) is 12.5. The van der Waals surface area contributed by atoms with E-state index in [2.05, 4.69) is 15.9 Å². The van der Waals surface area contributed by atoms with Gasteiger partial charge in [-0.3, -0.25) is 4.79 Å². The Hall–Kier alpha value is -0.880. The van der Waals surface area contributed by atoms with E-state index in [1.165, 1.54) is 0 Å². The number of hydrogen-bond acceptors (Lipinski definition) is 4. The Morgan fingerprint density at radius 3 is 2.76 bits per heavy atom. The summed E-state index contributed by atoms with van der Waals surface area (Å²) in [6, 6.07) is 5.00. The fraction of sp³-hybridized carbons (Fsp3) is 0.533. The van der Waals surface area contributed by atoms with Crippen molar-refractivity contribution in [1.29, 1.82) is 0 Å². The van der Waals surface area contributed by atoms with Crippen molar-refractivity contribution in [3.63, 3.8) is 0 Å². The first-order chi connectivity index (χ1) is 9.95. The average molecular weight is 375 g/mol. The zero-order valence-corrected chi connectivity index (χ0v) is 14.4. The van der Waals surface area contributed by atoms with Crippen LogP contribution in [0.3, 0.4) is 0 Å². The van der Waals surface area contributed by atoms with E-state index >= 15 is 0 Å². The van der Waals surface area contributed by atoms with Crippen LogP contribution >= 0.6 is 15.9 Å². The lowest BCUT2D eigenvalue weighted by molar-refractivity contribution is 0.0981. The van der Waals surface area contributed by atoms with Crippen LogP contribution in [0.4, 0.5) is 0 Å². The molecule has 0 saturated carbocycles. The largest absolute Gasteiger partial charge is 0.492 e. The van der Waals surface area contributed by atoms with Gasteiger partial charge in [0.15, 0.2) is 15.6 Å². The Balaban J connectivity index is 2.21. The highest BCUT2D eigenvalue weighted by atomic mass is 79.9. The molecule has 0 N–H and O–H groups in total. The Labute approximate surface area is 133 Å². The van der Waals surface area contributed by atoms with Gasteiger partial charge in [-0.2, -0.15) is 0 Å². The molecule has 1 aromatic carbocycles. The van der Waals surface area contributed by atoms with Gasteiger partial charge in [-0.15, -0.1) is 0 Å². The second kappa shape index (κ2) is 6.92. The van der Waals surface area contributed by atoms with Crippen molar-refractivity contribution in [2.75, 3.05) is 12.4 Å². The van der Waals surface area contributed by atoms with Crippen molar-refractivity contribution >= 4 is 31.6 Å². The third kappa shape index (κ3) is 3.86. The molecular weight excluding hydrogens is 356 g/mol. The molecule has 1 unspecified atom stereocenters. The van der Waals surface area contributed by atoms with Crippen LogP contribution in [0.25, 0.3) is 0 Å². The van der Waals surface area contributed by atoms with Gasteiger partial charge in [0, 0.05) is 5.56 Å². The highest BCUT2D eigenvalue weighted by Crippen LogP contribution is 2.29. The predicted molar refractivity (Wildman–Crippen MR) is 85.7 cm³/mol. The minimum Gasteiger partial charge on any atom is -0.492 e. The first-order valence-electron chi connectivity index (χ1n) is 7.14. The van der Waals surface area contributed by atoms with Gasteiger partial charge < -0.3 is 4.74 Å². The minimum atomic E-state index is -3.30. The highest BCUT2D eigenvalue weighted by Gasteiger charge is 2.35. The summed E-state index contributed by atoms with van der Waals surface area (Å²) in [5.74, 6) is 0.472. The molecule has 1 heterocycles. The Kier molecular flexibility index (Phi) is 5.43. The monoisotopic (exact) mass is 374 g/mol. The van der Waals surface area contributed by atoms with E-state index in [-0.39, 0.29) is 11.5 Å². The molecule has 0 amide bonds. The zero-order valence-electron chi connectivity index (χ0n) is 12.0. The molecule has 0 bridgehead atoms. The summed E-state index contributed by atoms with van der Waals surface area (Å²) in [6.45, 7) is 2.61. The molecule has 1 saturated heterocycles. The van der Waals surface area contributed by atoms with Crippen molar-refractivity contribution in [2.45, 2.75) is 37.9 Å². The Morgan fingerprint density at radius 2 is 2.14 bits per heavy atom. The van der Waals surface area contributed by atoms with Crippen LogP contribution in [0.2, 0.25) is 0 Å². The number of ether oxygens (including phenoxy) is 1. The van der Waals surface area contributed by atoms with Gasteiger partial charge in [-0.1, -0.05) is 13.3 Å². The van der Waals surface area contributed by atoms with Crippen molar-refractivity contribution in [3.05, 3.63) is 28.2 Å². The first-order valence-corrected chi connectivity index (χ1v) is 9.64. The molecule has 1 aliphatic heterocycles. The van der Waals surface area contributed by atoms with Crippen LogP contribution in [0.1, 0.15) is 43.0 Å². The van der Waals surface area contributed by atoms with E-state index in [9.17, 15) is 13.2 Å². The van der Waals surface area contributed by atoms with Crippen LogP contribution in [-0.2, 0) is 9.84 Å². The second-order valence-electron chi connectivity index (χ2n) is 5.21. The molecule has 21 heavy (non-hydrogen) atoms. The Bertz CT molecular complexity index is 625. The van der Waals surface area contributed by atoms with Crippen LogP contribution in [0.15, 0.2) is 22.7 Å². The first kappa shape index (κ1) is 16.5. The molecule has 4 nitrogen and oxygen atoms in total. The normalized spacial score (nSPS) is 21.0. The fourth-order valence-electron chi connectivity index (χ4n) is 2.42. The van der Waals surface area contributed by atoms with Gasteiger partial charge in [-0.05, 0) is 53.4 Å². The summed E-state index contributed by atoms with van der Waals surface area (Å²) in [7, 11) is -3.30. The standard InChI is InChI=1S/C15H19BrO4S/c1-2-8-20-13-7-6-11(10-12(13)16)15(17)14-5-3-4-9-21(14,18)19/h6-7,10,14H,2-5,8-9H2,1H3. The lowest BCUT2D eigenvalue weighted by Crippen LogP contribution is -2.35. The smallest absolute Gasteiger partial charge is 0.180 e. The van der Waals surface area contributed by atoms with Gasteiger partial charge >= 0.3 is 0 Å². The van der Waals surface area contributed by atoms with Gasteiger partial charge in [0.05, 0.1) is 16.8 Å². The number of ketones is 1. The van der Waals surface area contributed by atoms with Gasteiger partial charge in [0.25, 0.3) is 0 Å². The molecule has 6 heteroatoms. The number of halogens is 1. The summed E-state index contributed by atoms with van der Waals surface area (Å²) < 4.78 is 30.3. The molecule has 1 aromatic rings. The van der Waals surface area contributed by atoms with Crippen molar-refractivity contribution < 1.29 is 17.9 Å². The van der Waals surface area contributed by atoms with Gasteiger partial charge in [-0.25, -0.2) is 8.42 Å². The number of benzene rings is 1. The van der Waals surface area contributed by atoms with Crippen LogP contribution < -0.4 is 4.74 Å². The summed E-state index contributed by atoms with van der Waals surface area (Å²) in [5, 5.41) is -0.888. The van der Waals surface area contributed by atoms with E-state index in [0.29, 0.717) is 35.2 Å². The maximum absolute atomic E-state index is 12.5. The number of hydrogen-bond donors (Lipinski definition) is 0. The van der Waals surface area contributed by atoms with Gasteiger partial charge in [0.1, 0.15) is 11.0 Å². The fourth-order valence-corrected chi connectivity index (χ4v) is 4.79. The molecule has 0 aromatic heterocycles. The van der Waals surface area contributed by atoms with E-state index < -0.39 is 15.1 Å². The van der Waals surface area contributed by atoms with Crippen molar-refractivity contribution in [3.8, 4) is 5.75 Å². The molecule has 0 radical (unpaired) electrons. The summed E-state index contributed by atoms with van der Waals surface area (Å²) in [5.41, 5.74) is 0.418. The third-order valence-electron chi connectivity index (χ3n) is 3.55. The number of sulfone groups is 1. The number of Topliss-reactive ketones (excluding diaryl/α,β-unsaturated/α-hetero) is 1. The van der Waals surface area contributed by atoms with Crippen molar-refractivity contribution in [1.82, 2.24) is 0 Å². The minimum absolute atomic E-state index is 0.113. The van der Waals surface area contributed by atoms with Crippen LogP contribution in [-0.4, -0.2) is 31.8 Å². The number of carbonyl (C=O) groups is 1. The summed E-state index contributed by atoms with van der Waals surface area (Å²) >= 11 is 3.37. The molecule has 1 fully saturated rings. The molecule has 116 valence electrons. The summed E-state index contributed by atoms with van der Waals surface area (Å²) in [6.07, 6.45) is 2.76. The third-order valence-corrected chi connectivity index (χ3v) is 6.34. The second-order valence-corrected chi connectivity index (χ2v) is 8.37. The van der Waals surface area contributed by atoms with E-state index in [4.69, 9.17) is 4.74 Å². The van der Waals surface area contributed by atoms with Crippen LogP contribution in [0, 0.1) is 0 Å². The quantitative estimate of drug-likeness (QED) is 0.741.